The third kappa shape index (κ3) is 5.90. The number of rotatable bonds is 8. The Balaban J connectivity index is 1.68. The van der Waals surface area contributed by atoms with Gasteiger partial charge in [-0.3, -0.25) is 19.2 Å². The molecule has 1 aromatic heterocycles. The van der Waals surface area contributed by atoms with Crippen molar-refractivity contribution >= 4 is 29.3 Å². The molecule has 0 spiro atoms. The number of ketones is 1. The predicted molar refractivity (Wildman–Crippen MR) is 91.7 cm³/mol. The maximum atomic E-state index is 11.8. The van der Waals surface area contributed by atoms with Crippen LogP contribution in [0.3, 0.4) is 0 Å². The Morgan fingerprint density at radius 3 is 2.62 bits per heavy atom. The first kappa shape index (κ1) is 18.9. The number of carbonyl (C=O) groups excluding carboxylic acids is 4. The average Bonchev–Trinajstić information content (AvgIpc) is 3.15. The molecule has 0 atom stereocenters. The van der Waals surface area contributed by atoms with Crippen LogP contribution < -0.4 is 10.6 Å². The molecule has 1 heterocycles. The van der Waals surface area contributed by atoms with Crippen LogP contribution in [0.2, 0.25) is 0 Å². The molecule has 0 bridgehead atoms. The molecular weight excluding hydrogens is 340 g/mol. The molecule has 1 aromatic carbocycles. The minimum absolute atomic E-state index is 0.0562. The SMILES string of the molecule is CC(=O)c1cccc(NC(=O)COC(=O)CCNC(=O)c2ccco2)c1. The molecule has 2 amide bonds. The largest absolute Gasteiger partial charge is 0.459 e. The number of nitrogens with one attached hydrogen (secondary N) is 2. The lowest BCUT2D eigenvalue weighted by Gasteiger charge is -2.08. The Hall–Kier alpha value is -3.42. The predicted octanol–water partition coefficient (Wildman–Crippen LogP) is 1.78. The number of ether oxygens (including phenoxy) is 1. The average molecular weight is 358 g/mol. The highest BCUT2D eigenvalue weighted by molar-refractivity contribution is 5.97. The minimum atomic E-state index is -0.627. The first-order chi connectivity index (χ1) is 12.5. The summed E-state index contributed by atoms with van der Waals surface area (Å²) in [5, 5.41) is 5.03. The first-order valence-electron chi connectivity index (χ1n) is 7.84. The molecule has 2 rings (SSSR count). The van der Waals surface area contributed by atoms with Gasteiger partial charge in [0.15, 0.2) is 18.2 Å². The van der Waals surface area contributed by atoms with E-state index < -0.39 is 24.4 Å². The van der Waals surface area contributed by atoms with Crippen LogP contribution in [0.1, 0.15) is 34.3 Å². The van der Waals surface area contributed by atoms with Crippen molar-refractivity contribution < 1.29 is 28.3 Å². The summed E-state index contributed by atoms with van der Waals surface area (Å²) in [7, 11) is 0. The lowest BCUT2D eigenvalue weighted by Crippen LogP contribution is -2.27. The van der Waals surface area contributed by atoms with Crippen molar-refractivity contribution in [2.45, 2.75) is 13.3 Å². The third-order valence-corrected chi connectivity index (χ3v) is 3.28. The second-order valence-electron chi connectivity index (χ2n) is 5.33. The summed E-state index contributed by atoms with van der Waals surface area (Å²) in [5.41, 5.74) is 0.900. The number of hydrogen-bond donors (Lipinski definition) is 2. The van der Waals surface area contributed by atoms with Crippen LogP contribution in [0.5, 0.6) is 0 Å². The van der Waals surface area contributed by atoms with Gasteiger partial charge in [-0.2, -0.15) is 0 Å². The van der Waals surface area contributed by atoms with Crippen molar-refractivity contribution in [2.24, 2.45) is 0 Å². The Bertz CT molecular complexity index is 798. The molecule has 2 N–H and O–H groups in total. The van der Waals surface area contributed by atoms with Gasteiger partial charge in [-0.25, -0.2) is 0 Å². The van der Waals surface area contributed by atoms with Crippen LogP contribution in [0, 0.1) is 0 Å². The first-order valence-corrected chi connectivity index (χ1v) is 7.84. The van der Waals surface area contributed by atoms with Crippen LogP contribution >= 0.6 is 0 Å². The number of amides is 2. The van der Waals surface area contributed by atoms with Gasteiger partial charge in [0.1, 0.15) is 0 Å². The number of benzene rings is 1. The van der Waals surface area contributed by atoms with Crippen LogP contribution in [0.15, 0.2) is 47.1 Å². The van der Waals surface area contributed by atoms with Crippen LogP contribution in [0.4, 0.5) is 5.69 Å². The maximum Gasteiger partial charge on any atom is 0.308 e. The number of carbonyl (C=O) groups is 4. The molecule has 0 fully saturated rings. The summed E-state index contributed by atoms with van der Waals surface area (Å²) in [5.74, 6) is -1.57. The lowest BCUT2D eigenvalue weighted by atomic mass is 10.1. The highest BCUT2D eigenvalue weighted by atomic mass is 16.5. The van der Waals surface area contributed by atoms with Crippen molar-refractivity contribution in [2.75, 3.05) is 18.5 Å². The molecule has 26 heavy (non-hydrogen) atoms. The van der Waals surface area contributed by atoms with Crippen molar-refractivity contribution in [1.82, 2.24) is 5.32 Å². The van der Waals surface area contributed by atoms with Crippen molar-refractivity contribution in [3.63, 3.8) is 0 Å². The summed E-state index contributed by atoms with van der Waals surface area (Å²) in [6.07, 6.45) is 1.29. The van der Waals surface area contributed by atoms with Crippen LogP contribution in [-0.2, 0) is 14.3 Å². The molecule has 0 aliphatic heterocycles. The molecule has 2 aromatic rings. The second-order valence-corrected chi connectivity index (χ2v) is 5.33. The van der Waals surface area contributed by atoms with E-state index in [0.29, 0.717) is 11.3 Å². The molecular formula is C18H18N2O6. The van der Waals surface area contributed by atoms with Gasteiger partial charge in [0.25, 0.3) is 11.8 Å². The van der Waals surface area contributed by atoms with E-state index in [1.807, 2.05) is 0 Å². The standard InChI is InChI=1S/C18H18N2O6/c1-12(21)13-4-2-5-14(10-13)20-16(22)11-26-17(23)7-8-19-18(24)15-6-3-9-25-15/h2-6,9-10H,7-8,11H2,1H3,(H,19,24)(H,20,22). The van der Waals surface area contributed by atoms with Crippen molar-refractivity contribution in [3.8, 4) is 0 Å². The van der Waals surface area contributed by atoms with Gasteiger partial charge < -0.3 is 19.8 Å². The van der Waals surface area contributed by atoms with E-state index in [-0.39, 0.29) is 24.5 Å². The molecule has 0 saturated carbocycles. The van der Waals surface area contributed by atoms with E-state index in [4.69, 9.17) is 9.15 Å². The topological polar surface area (TPSA) is 115 Å². The van der Waals surface area contributed by atoms with Gasteiger partial charge in [0.05, 0.1) is 12.7 Å². The summed E-state index contributed by atoms with van der Waals surface area (Å²) in [6, 6.07) is 9.50. The Labute approximate surface area is 149 Å². The number of hydrogen-bond acceptors (Lipinski definition) is 6. The number of esters is 1. The normalized spacial score (nSPS) is 10.0. The molecule has 8 nitrogen and oxygen atoms in total. The fourth-order valence-electron chi connectivity index (χ4n) is 2.00. The molecule has 0 saturated heterocycles. The zero-order chi connectivity index (χ0) is 18.9. The Kier molecular flexibility index (Phi) is 6.67. The Morgan fingerprint density at radius 1 is 1.12 bits per heavy atom. The van der Waals surface area contributed by atoms with Gasteiger partial charge in [0, 0.05) is 17.8 Å². The summed E-state index contributed by atoms with van der Waals surface area (Å²) < 4.78 is 9.74. The van der Waals surface area contributed by atoms with Gasteiger partial charge >= 0.3 is 5.97 Å². The fraction of sp³-hybridized carbons (Fsp3) is 0.222. The summed E-state index contributed by atoms with van der Waals surface area (Å²) in [4.78, 5) is 46.3. The highest BCUT2D eigenvalue weighted by Crippen LogP contribution is 2.11. The smallest absolute Gasteiger partial charge is 0.308 e. The van der Waals surface area contributed by atoms with Gasteiger partial charge in [-0.15, -0.1) is 0 Å². The van der Waals surface area contributed by atoms with Crippen molar-refractivity contribution in [1.29, 1.82) is 0 Å². The van der Waals surface area contributed by atoms with E-state index in [9.17, 15) is 19.2 Å². The fourth-order valence-corrected chi connectivity index (χ4v) is 2.00. The third-order valence-electron chi connectivity index (χ3n) is 3.28. The number of Topliss-reactive ketones (excluding diaryl/α,β-unsaturated/α-hetero) is 1. The van der Waals surface area contributed by atoms with E-state index in [2.05, 4.69) is 10.6 Å². The molecule has 8 heteroatoms. The maximum absolute atomic E-state index is 11.8. The van der Waals surface area contributed by atoms with Gasteiger partial charge in [-0.05, 0) is 31.2 Å². The molecule has 0 aliphatic carbocycles. The summed E-state index contributed by atoms with van der Waals surface area (Å²) >= 11 is 0. The van der Waals surface area contributed by atoms with Crippen LogP contribution in [-0.4, -0.2) is 36.7 Å². The van der Waals surface area contributed by atoms with E-state index >= 15 is 0 Å². The van der Waals surface area contributed by atoms with Crippen molar-refractivity contribution in [3.05, 3.63) is 54.0 Å². The number of anilines is 1. The second kappa shape index (κ2) is 9.16. The van der Waals surface area contributed by atoms with E-state index in [1.165, 1.54) is 25.3 Å². The zero-order valence-electron chi connectivity index (χ0n) is 14.1. The highest BCUT2D eigenvalue weighted by Gasteiger charge is 2.11. The van der Waals surface area contributed by atoms with E-state index in [1.54, 1.807) is 24.3 Å². The van der Waals surface area contributed by atoms with Gasteiger partial charge in [0.2, 0.25) is 0 Å². The lowest BCUT2D eigenvalue weighted by molar-refractivity contribution is -0.147. The zero-order valence-corrected chi connectivity index (χ0v) is 14.1. The van der Waals surface area contributed by atoms with Gasteiger partial charge in [-0.1, -0.05) is 12.1 Å². The molecule has 0 aliphatic rings. The summed E-state index contributed by atoms with van der Waals surface area (Å²) in [6.45, 7) is 1.02. The Morgan fingerprint density at radius 2 is 1.92 bits per heavy atom. The van der Waals surface area contributed by atoms with E-state index in [0.717, 1.165) is 0 Å². The molecule has 0 unspecified atom stereocenters. The molecule has 0 radical (unpaired) electrons. The number of furan rings is 1. The van der Waals surface area contributed by atoms with Crippen LogP contribution in [0.25, 0.3) is 0 Å². The monoisotopic (exact) mass is 358 g/mol. The quantitative estimate of drug-likeness (QED) is 0.549. The molecule has 136 valence electrons. The minimum Gasteiger partial charge on any atom is -0.459 e.